The smallest absolute Gasteiger partial charge is 0 e. The molecule has 0 N–H and O–H groups in total. The second-order valence-electron chi connectivity index (χ2n) is 3.07. The van der Waals surface area contributed by atoms with E-state index in [1.165, 1.54) is 0 Å². The Hall–Kier alpha value is 0.768. The third-order valence-corrected chi connectivity index (χ3v) is 1.72. The molecule has 0 saturated carbocycles. The Labute approximate surface area is 155 Å². The van der Waals surface area contributed by atoms with Crippen LogP contribution in [-0.4, -0.2) is 25.5 Å². The number of hydrogen-bond acceptors (Lipinski definition) is 2. The average molecular weight is 376 g/mol. The van der Waals surface area contributed by atoms with Gasteiger partial charge in [0.05, 0.1) is 0 Å². The van der Waals surface area contributed by atoms with Crippen molar-refractivity contribution in [3.05, 3.63) is 48.7 Å². The van der Waals surface area contributed by atoms with E-state index in [1.807, 2.05) is 25.1 Å². The van der Waals surface area contributed by atoms with E-state index in [9.17, 15) is 0 Å². The standard InChI is InChI=1S/C13H14N2.2Y/c1-4-14-9-12-6-11(3)7-13(8-12)10-15-5-2;;/h6-8H,1-2,4-5H2,3H3;;/q-4;;. The molecule has 4 heteroatoms. The van der Waals surface area contributed by atoms with E-state index in [0.717, 1.165) is 16.7 Å². The molecule has 0 atom stereocenters. The van der Waals surface area contributed by atoms with Gasteiger partial charge in [0, 0.05) is 65.4 Å². The van der Waals surface area contributed by atoms with E-state index in [0.29, 0.717) is 13.1 Å². The summed E-state index contributed by atoms with van der Waals surface area (Å²) in [6.45, 7) is 10.3. The number of rotatable bonds is 4. The molecule has 0 unspecified atom stereocenters. The average Bonchev–Trinajstić information content (AvgIpc) is 2.23. The fourth-order valence-corrected chi connectivity index (χ4v) is 1.21. The predicted octanol–water partition coefficient (Wildman–Crippen LogP) is 2.25. The number of nitrogens with zero attached hydrogens (tertiary/aromatic N) is 2. The number of benzene rings is 1. The van der Waals surface area contributed by atoms with Crippen molar-refractivity contribution in [3.63, 3.8) is 0 Å². The molecule has 0 amide bonds. The van der Waals surface area contributed by atoms with Gasteiger partial charge in [-0.2, -0.15) is 34.9 Å². The fourth-order valence-electron chi connectivity index (χ4n) is 1.21. The maximum absolute atomic E-state index is 3.97. The Morgan fingerprint density at radius 3 is 1.71 bits per heavy atom. The van der Waals surface area contributed by atoms with Crippen LogP contribution in [0.1, 0.15) is 16.7 Å². The van der Waals surface area contributed by atoms with Crippen LogP contribution in [0.15, 0.2) is 28.2 Å². The van der Waals surface area contributed by atoms with Gasteiger partial charge >= 0.3 is 0 Å². The van der Waals surface area contributed by atoms with Crippen molar-refractivity contribution in [2.24, 2.45) is 9.98 Å². The number of aliphatic imine (C=N–C) groups is 2. The zero-order chi connectivity index (χ0) is 11.1. The molecular formula is C13H14N2Y2-4. The number of hydrogen-bond donors (Lipinski definition) is 0. The van der Waals surface area contributed by atoms with E-state index < -0.39 is 0 Å². The van der Waals surface area contributed by atoms with Gasteiger partial charge in [-0.3, -0.25) is 0 Å². The quantitative estimate of drug-likeness (QED) is 0.569. The van der Waals surface area contributed by atoms with Crippen LogP contribution in [0, 0.1) is 20.8 Å². The minimum Gasteiger partial charge on any atom is -0.392 e. The Bertz CT molecular complexity index is 341. The summed E-state index contributed by atoms with van der Waals surface area (Å²) in [5.41, 5.74) is 3.00. The Morgan fingerprint density at radius 2 is 1.35 bits per heavy atom. The van der Waals surface area contributed by atoms with Gasteiger partial charge in [0.25, 0.3) is 0 Å². The van der Waals surface area contributed by atoms with E-state index in [2.05, 4.69) is 36.3 Å². The van der Waals surface area contributed by atoms with Crippen LogP contribution in [0.25, 0.3) is 0 Å². The first-order valence-corrected chi connectivity index (χ1v) is 4.81. The third-order valence-electron chi connectivity index (χ3n) is 1.72. The fraction of sp³-hybridized carbons (Fsp3) is 0.231. The zero-order valence-electron chi connectivity index (χ0n) is 10.1. The van der Waals surface area contributed by atoms with Gasteiger partial charge in [0.15, 0.2) is 0 Å². The molecule has 1 aromatic rings. The topological polar surface area (TPSA) is 24.7 Å². The zero-order valence-corrected chi connectivity index (χ0v) is 15.8. The Morgan fingerprint density at radius 1 is 0.941 bits per heavy atom. The van der Waals surface area contributed by atoms with Crippen molar-refractivity contribution in [2.75, 3.05) is 13.1 Å². The second-order valence-corrected chi connectivity index (χ2v) is 3.07. The summed E-state index contributed by atoms with van der Waals surface area (Å²) in [7, 11) is 0. The van der Waals surface area contributed by atoms with Crippen molar-refractivity contribution in [1.82, 2.24) is 0 Å². The predicted molar refractivity (Wildman–Crippen MR) is 64.7 cm³/mol. The molecule has 17 heavy (non-hydrogen) atoms. The molecule has 0 aliphatic heterocycles. The van der Waals surface area contributed by atoms with Crippen molar-refractivity contribution in [3.8, 4) is 0 Å². The molecule has 86 valence electrons. The summed E-state index contributed by atoms with van der Waals surface area (Å²) in [4.78, 5) is 7.95. The Balaban J connectivity index is 0. The first kappa shape index (κ1) is 20.1. The van der Waals surface area contributed by atoms with Crippen molar-refractivity contribution in [2.45, 2.75) is 6.92 Å². The van der Waals surface area contributed by atoms with Gasteiger partial charge in [-0.15, -0.1) is 13.1 Å². The van der Waals surface area contributed by atoms with E-state index in [4.69, 9.17) is 0 Å². The van der Waals surface area contributed by atoms with Gasteiger partial charge in [-0.05, 0) is 0 Å². The van der Waals surface area contributed by atoms with Crippen molar-refractivity contribution < 1.29 is 65.4 Å². The van der Waals surface area contributed by atoms with E-state index in [1.54, 1.807) is 0 Å². The molecule has 0 heterocycles. The van der Waals surface area contributed by atoms with E-state index in [-0.39, 0.29) is 65.4 Å². The largest absolute Gasteiger partial charge is 0.392 e. The van der Waals surface area contributed by atoms with Crippen LogP contribution in [0.4, 0.5) is 0 Å². The first-order valence-electron chi connectivity index (χ1n) is 4.81. The van der Waals surface area contributed by atoms with Gasteiger partial charge in [0.1, 0.15) is 0 Å². The SMILES string of the molecule is [CH2-]CN=[C-]c1cc(C)cc([C-]=NC[CH2-])c1.[Y].[Y]. The minimum absolute atomic E-state index is 0. The molecule has 1 aromatic carbocycles. The van der Waals surface area contributed by atoms with Gasteiger partial charge in [-0.25, -0.2) is 0 Å². The molecule has 1 rings (SSSR count). The molecule has 0 fully saturated rings. The third kappa shape index (κ3) is 8.48. The Kier molecular flexibility index (Phi) is 14.0. The van der Waals surface area contributed by atoms with Crippen LogP contribution in [0.5, 0.6) is 0 Å². The van der Waals surface area contributed by atoms with Crippen LogP contribution < -0.4 is 0 Å². The minimum atomic E-state index is 0. The van der Waals surface area contributed by atoms with Gasteiger partial charge < -0.3 is 23.8 Å². The summed E-state index contributed by atoms with van der Waals surface area (Å²) < 4.78 is 0. The molecule has 0 spiro atoms. The summed E-state index contributed by atoms with van der Waals surface area (Å²) in [6, 6.07) is 5.95. The second kappa shape index (κ2) is 11.8. The van der Waals surface area contributed by atoms with Crippen molar-refractivity contribution in [1.29, 1.82) is 0 Å². The summed E-state index contributed by atoms with van der Waals surface area (Å²) in [5, 5.41) is 0. The molecule has 0 bridgehead atoms. The normalized spacial score (nSPS) is 10.3. The molecule has 0 saturated heterocycles. The van der Waals surface area contributed by atoms with Crippen LogP contribution >= 0.6 is 0 Å². The molecule has 2 radical (unpaired) electrons. The molecule has 2 nitrogen and oxygen atoms in total. The van der Waals surface area contributed by atoms with Crippen LogP contribution in [0.2, 0.25) is 0 Å². The summed E-state index contributed by atoms with van der Waals surface area (Å²) in [6.07, 6.45) is 5.83. The summed E-state index contributed by atoms with van der Waals surface area (Å²) >= 11 is 0. The molecular weight excluding hydrogens is 362 g/mol. The number of aryl methyl sites for hydroxylation is 1. The van der Waals surface area contributed by atoms with Gasteiger partial charge in [-0.1, -0.05) is 19.4 Å². The maximum atomic E-state index is 3.97. The molecule has 0 aromatic heterocycles. The van der Waals surface area contributed by atoms with Crippen LogP contribution in [-0.2, 0) is 65.4 Å². The monoisotopic (exact) mass is 376 g/mol. The maximum Gasteiger partial charge on any atom is 0 e. The molecule has 0 aliphatic rings. The first-order chi connectivity index (χ1) is 7.26. The molecule has 0 aliphatic carbocycles. The van der Waals surface area contributed by atoms with Crippen LogP contribution in [0.3, 0.4) is 0 Å². The van der Waals surface area contributed by atoms with Gasteiger partial charge in [0.2, 0.25) is 0 Å². The van der Waals surface area contributed by atoms with E-state index >= 15 is 0 Å². The van der Waals surface area contributed by atoms with Crippen molar-refractivity contribution >= 4 is 12.4 Å². The summed E-state index contributed by atoms with van der Waals surface area (Å²) in [5.74, 6) is 0.